The first-order valence-corrected chi connectivity index (χ1v) is 9.96. The van der Waals surface area contributed by atoms with Gasteiger partial charge in [0.15, 0.2) is 0 Å². The Kier molecular flexibility index (Phi) is 5.00. The van der Waals surface area contributed by atoms with Crippen LogP contribution in [-0.2, 0) is 4.74 Å². The van der Waals surface area contributed by atoms with Crippen LogP contribution in [0, 0.1) is 30.3 Å². The van der Waals surface area contributed by atoms with Crippen molar-refractivity contribution in [3.8, 4) is 16.8 Å². The van der Waals surface area contributed by atoms with Crippen molar-refractivity contribution in [1.29, 1.82) is 0 Å². The molecular weight excluding hydrogens is 452 g/mol. The highest BCUT2D eigenvalue weighted by molar-refractivity contribution is 6.05. The quantitative estimate of drug-likeness (QED) is 0.205. The Morgan fingerprint density at radius 2 is 1.71 bits per heavy atom. The third kappa shape index (κ3) is 3.26. The second-order valence-electron chi connectivity index (χ2n) is 7.45. The van der Waals surface area contributed by atoms with Gasteiger partial charge in [0, 0.05) is 17.8 Å². The van der Waals surface area contributed by atoms with Gasteiger partial charge in [-0.2, -0.15) is 4.39 Å². The van der Waals surface area contributed by atoms with Gasteiger partial charge in [0.25, 0.3) is 0 Å². The standard InChI is InChI=1S/C24H14F4N4O2/c1-11-31-22-14(24(33)34-2)7-12(13-9-20(28)30-10-17(13)27)8-19(22)32(11)18-5-6-29-23-16(26)4-3-15(25)21(18)23/h3-10H,1-2H3. The molecular formula is C24H14F4N4O2. The highest BCUT2D eigenvalue weighted by Crippen LogP contribution is 2.34. The van der Waals surface area contributed by atoms with E-state index in [0.717, 1.165) is 24.4 Å². The Labute approximate surface area is 189 Å². The van der Waals surface area contributed by atoms with E-state index in [1.54, 1.807) is 6.92 Å². The van der Waals surface area contributed by atoms with Gasteiger partial charge in [-0.3, -0.25) is 9.55 Å². The number of esters is 1. The van der Waals surface area contributed by atoms with Crippen molar-refractivity contribution in [2.75, 3.05) is 7.11 Å². The largest absolute Gasteiger partial charge is 0.465 e. The lowest BCUT2D eigenvalue weighted by Crippen LogP contribution is -2.04. The van der Waals surface area contributed by atoms with E-state index in [2.05, 4.69) is 15.0 Å². The highest BCUT2D eigenvalue weighted by Gasteiger charge is 2.23. The van der Waals surface area contributed by atoms with Crippen molar-refractivity contribution in [2.45, 2.75) is 6.92 Å². The van der Waals surface area contributed by atoms with Crippen LogP contribution in [-0.4, -0.2) is 32.6 Å². The Morgan fingerprint density at radius 1 is 0.941 bits per heavy atom. The fraction of sp³-hybridized carbons (Fsp3) is 0.0833. The molecule has 5 aromatic rings. The molecule has 0 aliphatic rings. The SMILES string of the molecule is COC(=O)c1cc(-c2cc(F)ncc2F)cc2c1nc(C)n2-c1ccnc2c(F)ccc(F)c12. The molecule has 5 rings (SSSR count). The maximum Gasteiger partial charge on any atom is 0.340 e. The number of rotatable bonds is 3. The van der Waals surface area contributed by atoms with E-state index in [4.69, 9.17) is 4.74 Å². The minimum atomic E-state index is -0.918. The number of carbonyl (C=O) groups is 1. The van der Waals surface area contributed by atoms with Gasteiger partial charge in [-0.05, 0) is 42.8 Å². The van der Waals surface area contributed by atoms with Crippen LogP contribution in [0.4, 0.5) is 17.6 Å². The average molecular weight is 466 g/mol. The first-order valence-electron chi connectivity index (χ1n) is 9.96. The van der Waals surface area contributed by atoms with Gasteiger partial charge in [-0.15, -0.1) is 0 Å². The summed E-state index contributed by atoms with van der Waals surface area (Å²) in [4.78, 5) is 24.2. The summed E-state index contributed by atoms with van der Waals surface area (Å²) in [5.41, 5.74) is 0.438. The number of ether oxygens (including phenoxy) is 1. The number of fused-ring (bicyclic) bond motifs is 2. The van der Waals surface area contributed by atoms with Gasteiger partial charge in [0.1, 0.15) is 34.3 Å². The van der Waals surface area contributed by atoms with Crippen molar-refractivity contribution in [1.82, 2.24) is 19.5 Å². The summed E-state index contributed by atoms with van der Waals surface area (Å²) in [6, 6.07) is 7.12. The van der Waals surface area contributed by atoms with Crippen LogP contribution in [0.5, 0.6) is 0 Å². The summed E-state index contributed by atoms with van der Waals surface area (Å²) in [6.07, 6.45) is 2.04. The average Bonchev–Trinajstić information content (AvgIpc) is 3.17. The number of carbonyl (C=O) groups excluding carboxylic acids is 1. The molecule has 0 aliphatic carbocycles. The maximum atomic E-state index is 14.8. The molecule has 0 aliphatic heterocycles. The summed E-state index contributed by atoms with van der Waals surface area (Å²) in [5.74, 6) is -3.60. The third-order valence-electron chi connectivity index (χ3n) is 5.48. The maximum absolute atomic E-state index is 14.8. The van der Waals surface area contributed by atoms with E-state index in [9.17, 15) is 22.4 Å². The zero-order valence-electron chi connectivity index (χ0n) is 17.7. The second kappa shape index (κ2) is 7.91. The molecule has 2 aromatic carbocycles. The minimum Gasteiger partial charge on any atom is -0.465 e. The Hall–Kier alpha value is -4.34. The first-order chi connectivity index (χ1) is 16.3. The highest BCUT2D eigenvalue weighted by atomic mass is 19.1. The smallest absolute Gasteiger partial charge is 0.340 e. The predicted molar refractivity (Wildman–Crippen MR) is 116 cm³/mol. The molecule has 3 aromatic heterocycles. The van der Waals surface area contributed by atoms with Gasteiger partial charge in [0.05, 0.1) is 35.5 Å². The van der Waals surface area contributed by atoms with E-state index in [0.29, 0.717) is 5.82 Å². The molecule has 6 nitrogen and oxygen atoms in total. The number of hydrogen-bond acceptors (Lipinski definition) is 5. The number of hydrogen-bond donors (Lipinski definition) is 0. The Morgan fingerprint density at radius 3 is 2.47 bits per heavy atom. The van der Waals surface area contributed by atoms with Crippen molar-refractivity contribution >= 4 is 27.9 Å². The van der Waals surface area contributed by atoms with E-state index in [-0.39, 0.29) is 44.3 Å². The van der Waals surface area contributed by atoms with E-state index in [1.807, 2.05) is 0 Å². The summed E-state index contributed by atoms with van der Waals surface area (Å²) < 4.78 is 63.9. The van der Waals surface area contributed by atoms with Crippen LogP contribution in [0.2, 0.25) is 0 Å². The first kappa shape index (κ1) is 21.5. The second-order valence-corrected chi connectivity index (χ2v) is 7.45. The lowest BCUT2D eigenvalue weighted by Gasteiger charge is -2.13. The molecule has 0 unspecified atom stereocenters. The van der Waals surface area contributed by atoms with E-state index < -0.39 is 29.4 Å². The van der Waals surface area contributed by atoms with Gasteiger partial charge in [-0.1, -0.05) is 0 Å². The molecule has 0 saturated carbocycles. The fourth-order valence-corrected chi connectivity index (χ4v) is 4.02. The topological polar surface area (TPSA) is 69.9 Å². The number of halogens is 4. The molecule has 3 heterocycles. The van der Waals surface area contributed by atoms with Crippen LogP contribution in [0.15, 0.2) is 48.8 Å². The van der Waals surface area contributed by atoms with E-state index >= 15 is 0 Å². The molecule has 0 amide bonds. The van der Waals surface area contributed by atoms with Crippen LogP contribution in [0.1, 0.15) is 16.2 Å². The molecule has 0 radical (unpaired) electrons. The number of aromatic nitrogens is 4. The number of aryl methyl sites for hydroxylation is 1. The van der Waals surface area contributed by atoms with Crippen molar-refractivity contribution in [2.24, 2.45) is 0 Å². The molecule has 0 N–H and O–H groups in total. The summed E-state index contributed by atoms with van der Waals surface area (Å²) in [5, 5.41) is -0.101. The number of pyridine rings is 2. The normalized spacial score (nSPS) is 11.4. The summed E-state index contributed by atoms with van der Waals surface area (Å²) in [7, 11) is 1.17. The van der Waals surface area contributed by atoms with Crippen molar-refractivity contribution < 1.29 is 27.1 Å². The minimum absolute atomic E-state index is 0.0153. The fourth-order valence-electron chi connectivity index (χ4n) is 4.02. The number of imidazole rings is 1. The number of methoxy groups -OCH3 is 1. The Balaban J connectivity index is 1.91. The van der Waals surface area contributed by atoms with Gasteiger partial charge >= 0.3 is 5.97 Å². The summed E-state index contributed by atoms with van der Waals surface area (Å²) >= 11 is 0. The van der Waals surface area contributed by atoms with Crippen molar-refractivity contribution in [3.63, 3.8) is 0 Å². The molecule has 170 valence electrons. The summed E-state index contributed by atoms with van der Waals surface area (Å²) in [6.45, 7) is 1.61. The van der Waals surface area contributed by atoms with Crippen LogP contribution < -0.4 is 0 Å². The predicted octanol–water partition coefficient (Wildman–Crippen LogP) is 5.29. The zero-order chi connectivity index (χ0) is 24.1. The molecule has 0 spiro atoms. The van der Waals surface area contributed by atoms with Crippen LogP contribution in [0.3, 0.4) is 0 Å². The molecule has 34 heavy (non-hydrogen) atoms. The Bertz CT molecular complexity index is 1630. The molecule has 0 fully saturated rings. The number of benzene rings is 2. The van der Waals surface area contributed by atoms with Crippen LogP contribution >= 0.6 is 0 Å². The molecule has 0 bridgehead atoms. The van der Waals surface area contributed by atoms with Crippen LogP contribution in [0.25, 0.3) is 38.8 Å². The zero-order valence-corrected chi connectivity index (χ0v) is 17.7. The van der Waals surface area contributed by atoms with Crippen molar-refractivity contribution in [3.05, 3.63) is 83.6 Å². The third-order valence-corrected chi connectivity index (χ3v) is 5.48. The lowest BCUT2D eigenvalue weighted by molar-refractivity contribution is 0.0603. The molecule has 10 heteroatoms. The van der Waals surface area contributed by atoms with Gasteiger partial charge in [-0.25, -0.2) is 27.9 Å². The van der Waals surface area contributed by atoms with E-state index in [1.165, 1.54) is 36.1 Å². The van der Waals surface area contributed by atoms with Gasteiger partial charge in [0.2, 0.25) is 5.95 Å². The monoisotopic (exact) mass is 466 g/mol. The lowest BCUT2D eigenvalue weighted by atomic mass is 10.0. The number of nitrogens with zero attached hydrogens (tertiary/aromatic N) is 4. The molecule has 0 atom stereocenters. The molecule has 0 saturated heterocycles. The van der Waals surface area contributed by atoms with Gasteiger partial charge < -0.3 is 4.74 Å².